The summed E-state index contributed by atoms with van der Waals surface area (Å²) in [5, 5.41) is 13.3. The van der Waals surface area contributed by atoms with E-state index in [0.29, 0.717) is 0 Å². The number of thioether (sulfide) groups is 1. The summed E-state index contributed by atoms with van der Waals surface area (Å²) in [6.45, 7) is 7.68. The van der Waals surface area contributed by atoms with Crippen LogP contribution in [0.5, 0.6) is 0 Å². The highest BCUT2D eigenvalue weighted by Gasteiger charge is 2.35. The fourth-order valence-electron chi connectivity index (χ4n) is 2.69. The van der Waals surface area contributed by atoms with Crippen LogP contribution in [0.15, 0.2) is 34.3 Å². The number of hydrogen-bond donors (Lipinski definition) is 1. The van der Waals surface area contributed by atoms with Crippen LogP contribution in [-0.2, 0) is 9.57 Å². The molecular formula is C17H26N2O3S. The predicted octanol–water partition coefficient (Wildman–Crippen LogP) is 2.23. The zero-order valence-corrected chi connectivity index (χ0v) is 14.9. The normalized spacial score (nSPS) is 17.3. The lowest BCUT2D eigenvalue weighted by Gasteiger charge is -2.41. The Morgan fingerprint density at radius 1 is 1.30 bits per heavy atom. The van der Waals surface area contributed by atoms with Crippen molar-refractivity contribution in [3.05, 3.63) is 29.8 Å². The molecule has 0 unspecified atom stereocenters. The van der Waals surface area contributed by atoms with E-state index < -0.39 is 0 Å². The first-order valence-corrected chi connectivity index (χ1v) is 9.10. The van der Waals surface area contributed by atoms with Crippen LogP contribution in [0.25, 0.3) is 0 Å². The van der Waals surface area contributed by atoms with Crippen LogP contribution in [-0.4, -0.2) is 67.0 Å². The second kappa shape index (κ2) is 8.68. The first kappa shape index (κ1) is 18.3. The van der Waals surface area contributed by atoms with Crippen LogP contribution in [0.1, 0.15) is 19.4 Å². The van der Waals surface area contributed by atoms with Crippen LogP contribution in [0.2, 0.25) is 0 Å². The minimum absolute atomic E-state index is 0.0415. The summed E-state index contributed by atoms with van der Waals surface area (Å²) < 4.78 is 5.46. The van der Waals surface area contributed by atoms with Gasteiger partial charge in [-0.05, 0) is 32.2 Å². The fourth-order valence-corrected chi connectivity index (χ4v) is 3.10. The van der Waals surface area contributed by atoms with Gasteiger partial charge < -0.3 is 14.7 Å². The third-order valence-electron chi connectivity index (χ3n) is 4.08. The molecule has 2 rings (SSSR count). The monoisotopic (exact) mass is 338 g/mol. The number of aliphatic hydroxyl groups is 1. The maximum absolute atomic E-state index is 8.95. The average molecular weight is 338 g/mol. The van der Waals surface area contributed by atoms with Crippen LogP contribution >= 0.6 is 11.8 Å². The van der Waals surface area contributed by atoms with E-state index in [4.69, 9.17) is 14.7 Å². The Morgan fingerprint density at radius 2 is 1.96 bits per heavy atom. The maximum atomic E-state index is 8.95. The predicted molar refractivity (Wildman–Crippen MR) is 94.3 cm³/mol. The molecule has 6 heteroatoms. The SMILES string of the molecule is CSc1ccc(C(=NOCCO)C(C)(C)N2CCOCC2)cc1. The molecule has 1 aliphatic rings. The highest BCUT2D eigenvalue weighted by Crippen LogP contribution is 2.24. The van der Waals surface area contributed by atoms with Gasteiger partial charge in [-0.3, -0.25) is 4.90 Å². The van der Waals surface area contributed by atoms with Crippen LogP contribution in [0.4, 0.5) is 0 Å². The molecule has 1 N–H and O–H groups in total. The molecule has 0 aromatic heterocycles. The van der Waals surface area contributed by atoms with E-state index in [1.165, 1.54) is 4.90 Å². The molecule has 5 nitrogen and oxygen atoms in total. The first-order chi connectivity index (χ1) is 11.1. The van der Waals surface area contributed by atoms with Gasteiger partial charge in [-0.2, -0.15) is 0 Å². The highest BCUT2D eigenvalue weighted by atomic mass is 32.2. The first-order valence-electron chi connectivity index (χ1n) is 7.88. The zero-order valence-electron chi connectivity index (χ0n) is 14.1. The molecule has 0 aliphatic carbocycles. The lowest BCUT2D eigenvalue weighted by Crippen LogP contribution is -2.54. The van der Waals surface area contributed by atoms with E-state index in [1.54, 1.807) is 11.8 Å². The molecule has 1 saturated heterocycles. The maximum Gasteiger partial charge on any atom is 0.140 e. The Labute approximate surface area is 142 Å². The standard InChI is InChI=1S/C17H26N2O3S/c1-17(2,19-8-11-21-12-9-19)16(18-22-13-10-20)14-4-6-15(23-3)7-5-14/h4-7,20H,8-13H2,1-3H3. The third kappa shape index (κ3) is 4.70. The Bertz CT molecular complexity index is 511. The molecule has 1 aromatic carbocycles. The molecule has 128 valence electrons. The smallest absolute Gasteiger partial charge is 0.140 e. The van der Waals surface area contributed by atoms with Crippen molar-refractivity contribution in [3.63, 3.8) is 0 Å². The summed E-state index contributed by atoms with van der Waals surface area (Å²) >= 11 is 1.72. The Morgan fingerprint density at radius 3 is 2.52 bits per heavy atom. The minimum Gasteiger partial charge on any atom is -0.393 e. The minimum atomic E-state index is -0.278. The van der Waals surface area contributed by atoms with E-state index in [-0.39, 0.29) is 18.8 Å². The number of aliphatic hydroxyl groups excluding tert-OH is 1. The summed E-state index contributed by atoms with van der Waals surface area (Å²) in [6.07, 6.45) is 2.06. The van der Waals surface area contributed by atoms with Crippen LogP contribution in [0, 0.1) is 0 Å². The molecule has 0 bridgehead atoms. The van der Waals surface area contributed by atoms with Crippen molar-refractivity contribution in [1.29, 1.82) is 0 Å². The second-order valence-corrected chi connectivity index (χ2v) is 6.76. The third-order valence-corrected chi connectivity index (χ3v) is 4.83. The van der Waals surface area contributed by atoms with Crippen molar-refractivity contribution in [2.75, 3.05) is 45.8 Å². The number of morpholine rings is 1. The van der Waals surface area contributed by atoms with Gasteiger partial charge in [0.25, 0.3) is 0 Å². The lowest BCUT2D eigenvalue weighted by atomic mass is 9.90. The van der Waals surface area contributed by atoms with Gasteiger partial charge >= 0.3 is 0 Å². The summed E-state index contributed by atoms with van der Waals surface area (Å²) in [7, 11) is 0. The quantitative estimate of drug-likeness (QED) is 0.358. The Hall–Kier alpha value is -1.08. The molecule has 23 heavy (non-hydrogen) atoms. The molecule has 1 aliphatic heterocycles. The molecule has 0 amide bonds. The molecule has 0 radical (unpaired) electrons. The summed E-state index contributed by atoms with van der Waals surface area (Å²) in [6, 6.07) is 8.35. The van der Waals surface area contributed by atoms with Crippen LogP contribution in [0.3, 0.4) is 0 Å². The molecular weight excluding hydrogens is 312 g/mol. The van der Waals surface area contributed by atoms with E-state index in [2.05, 4.69) is 54.4 Å². The molecule has 1 heterocycles. The van der Waals surface area contributed by atoms with Crippen molar-refractivity contribution in [1.82, 2.24) is 4.90 Å². The molecule has 1 aromatic rings. The van der Waals surface area contributed by atoms with Crippen molar-refractivity contribution in [2.45, 2.75) is 24.3 Å². The van der Waals surface area contributed by atoms with Crippen molar-refractivity contribution < 1.29 is 14.7 Å². The summed E-state index contributed by atoms with van der Waals surface area (Å²) in [5.41, 5.74) is 1.64. The van der Waals surface area contributed by atoms with Gasteiger partial charge in [0.05, 0.1) is 25.4 Å². The average Bonchev–Trinajstić information content (AvgIpc) is 2.59. The van der Waals surface area contributed by atoms with Gasteiger partial charge in [0.15, 0.2) is 0 Å². The van der Waals surface area contributed by atoms with E-state index in [1.807, 2.05) is 0 Å². The number of benzene rings is 1. The van der Waals surface area contributed by atoms with Gasteiger partial charge in [-0.15, -0.1) is 11.8 Å². The van der Waals surface area contributed by atoms with Gasteiger partial charge in [-0.1, -0.05) is 17.3 Å². The van der Waals surface area contributed by atoms with Crippen molar-refractivity contribution in [3.8, 4) is 0 Å². The molecule has 0 saturated carbocycles. The number of nitrogens with zero attached hydrogens (tertiary/aromatic N) is 2. The number of ether oxygens (including phenoxy) is 1. The topological polar surface area (TPSA) is 54.3 Å². The highest BCUT2D eigenvalue weighted by molar-refractivity contribution is 7.98. The fraction of sp³-hybridized carbons (Fsp3) is 0.588. The summed E-state index contributed by atoms with van der Waals surface area (Å²) in [5.74, 6) is 0. The Kier molecular flexibility index (Phi) is 6.89. The lowest BCUT2D eigenvalue weighted by molar-refractivity contribution is 0.00846. The van der Waals surface area contributed by atoms with Gasteiger partial charge in [0, 0.05) is 23.5 Å². The van der Waals surface area contributed by atoms with E-state index >= 15 is 0 Å². The van der Waals surface area contributed by atoms with Gasteiger partial charge in [0.2, 0.25) is 0 Å². The molecule has 1 fully saturated rings. The van der Waals surface area contributed by atoms with E-state index in [9.17, 15) is 0 Å². The number of hydrogen-bond acceptors (Lipinski definition) is 6. The summed E-state index contributed by atoms with van der Waals surface area (Å²) in [4.78, 5) is 8.89. The van der Waals surface area contributed by atoms with Gasteiger partial charge in [0.1, 0.15) is 12.3 Å². The molecule has 0 atom stereocenters. The number of oxime groups is 1. The second-order valence-electron chi connectivity index (χ2n) is 5.88. The van der Waals surface area contributed by atoms with Crippen molar-refractivity contribution >= 4 is 17.5 Å². The molecule has 0 spiro atoms. The van der Waals surface area contributed by atoms with Gasteiger partial charge in [-0.25, -0.2) is 0 Å². The Balaban J connectivity index is 2.29. The zero-order chi connectivity index (χ0) is 16.7. The largest absolute Gasteiger partial charge is 0.393 e. The van der Waals surface area contributed by atoms with Crippen LogP contribution < -0.4 is 0 Å². The van der Waals surface area contributed by atoms with Crippen molar-refractivity contribution in [2.24, 2.45) is 5.16 Å². The van der Waals surface area contributed by atoms with E-state index in [0.717, 1.165) is 37.6 Å². The number of rotatable bonds is 7.